The predicted molar refractivity (Wildman–Crippen MR) is 38.1 cm³/mol. The van der Waals surface area contributed by atoms with Crippen LogP contribution in [-0.4, -0.2) is 12.1 Å². The molecular formula is C8H8O3. The maximum Gasteiger partial charge on any atom is 0.147 e. The second-order valence-corrected chi connectivity index (χ2v) is 2.17. The van der Waals surface area contributed by atoms with Crippen molar-refractivity contribution < 1.29 is 14.0 Å². The van der Waals surface area contributed by atoms with Crippen LogP contribution in [0, 0.1) is 0 Å². The van der Waals surface area contributed by atoms with Crippen molar-refractivity contribution in [2.45, 2.75) is 12.8 Å². The molecule has 1 aromatic heterocycles. The second kappa shape index (κ2) is 3.71. The standard InChI is InChI=1S/C8H8O3/c9-4-3-7(10)6-8-2-1-5-11-8/h1-2,4-5H,3,6H2. The summed E-state index contributed by atoms with van der Waals surface area (Å²) < 4.78 is 4.91. The van der Waals surface area contributed by atoms with E-state index < -0.39 is 0 Å². The van der Waals surface area contributed by atoms with Crippen LogP contribution in [0.5, 0.6) is 0 Å². The number of Topliss-reactive ketones (excluding diaryl/α,β-unsaturated/α-hetero) is 1. The summed E-state index contributed by atoms with van der Waals surface area (Å²) in [5.74, 6) is 0.492. The van der Waals surface area contributed by atoms with Crippen LogP contribution in [-0.2, 0) is 16.0 Å². The molecule has 0 bridgehead atoms. The maximum absolute atomic E-state index is 10.8. The molecule has 1 heterocycles. The molecule has 0 spiro atoms. The maximum atomic E-state index is 10.8. The predicted octanol–water partition coefficient (Wildman–Crippen LogP) is 0.980. The smallest absolute Gasteiger partial charge is 0.147 e. The van der Waals surface area contributed by atoms with Crippen LogP contribution < -0.4 is 0 Å². The Kier molecular flexibility index (Phi) is 2.60. The molecule has 3 nitrogen and oxygen atoms in total. The van der Waals surface area contributed by atoms with Gasteiger partial charge < -0.3 is 9.21 Å². The van der Waals surface area contributed by atoms with Gasteiger partial charge in [-0.1, -0.05) is 0 Å². The highest BCUT2D eigenvalue weighted by Crippen LogP contribution is 2.01. The first kappa shape index (κ1) is 7.72. The van der Waals surface area contributed by atoms with E-state index in [1.54, 1.807) is 12.1 Å². The van der Waals surface area contributed by atoms with Crippen LogP contribution in [0.15, 0.2) is 22.8 Å². The third-order valence-corrected chi connectivity index (χ3v) is 1.26. The molecule has 0 saturated carbocycles. The zero-order valence-corrected chi connectivity index (χ0v) is 5.95. The zero-order valence-electron chi connectivity index (χ0n) is 5.95. The normalized spacial score (nSPS) is 9.45. The number of hydrogen-bond donors (Lipinski definition) is 0. The first-order chi connectivity index (χ1) is 5.33. The number of ketones is 1. The molecular weight excluding hydrogens is 144 g/mol. The molecule has 0 N–H and O–H groups in total. The van der Waals surface area contributed by atoms with Crippen LogP contribution >= 0.6 is 0 Å². The minimum Gasteiger partial charge on any atom is -0.469 e. The first-order valence-corrected chi connectivity index (χ1v) is 3.30. The lowest BCUT2D eigenvalue weighted by Crippen LogP contribution is -2.01. The summed E-state index contributed by atoms with van der Waals surface area (Å²) in [6, 6.07) is 3.42. The fourth-order valence-corrected chi connectivity index (χ4v) is 0.773. The third-order valence-electron chi connectivity index (χ3n) is 1.26. The molecule has 1 rings (SSSR count). The first-order valence-electron chi connectivity index (χ1n) is 3.30. The summed E-state index contributed by atoms with van der Waals surface area (Å²) in [5, 5.41) is 0. The van der Waals surface area contributed by atoms with Gasteiger partial charge in [-0.3, -0.25) is 4.79 Å². The molecule has 0 aliphatic rings. The lowest BCUT2D eigenvalue weighted by Gasteiger charge is -1.90. The number of carbonyl (C=O) groups is 2. The number of furan rings is 1. The molecule has 0 saturated heterocycles. The summed E-state index contributed by atoms with van der Waals surface area (Å²) >= 11 is 0. The van der Waals surface area contributed by atoms with E-state index in [0.717, 1.165) is 0 Å². The van der Waals surface area contributed by atoms with Crippen molar-refractivity contribution in [3.8, 4) is 0 Å². The van der Waals surface area contributed by atoms with Crippen molar-refractivity contribution in [3.05, 3.63) is 24.2 Å². The molecule has 0 amide bonds. The lowest BCUT2D eigenvalue weighted by atomic mass is 10.2. The lowest BCUT2D eigenvalue weighted by molar-refractivity contribution is -0.121. The molecule has 0 aliphatic heterocycles. The van der Waals surface area contributed by atoms with E-state index in [9.17, 15) is 9.59 Å². The topological polar surface area (TPSA) is 47.3 Å². The Morgan fingerprint density at radius 3 is 3.00 bits per heavy atom. The Bertz CT molecular complexity index is 236. The van der Waals surface area contributed by atoms with Crippen molar-refractivity contribution in [1.29, 1.82) is 0 Å². The minimum absolute atomic E-state index is 0.0271. The minimum atomic E-state index is -0.116. The van der Waals surface area contributed by atoms with Crippen LogP contribution in [0.3, 0.4) is 0 Å². The Hall–Kier alpha value is -1.38. The van der Waals surface area contributed by atoms with Gasteiger partial charge in [0.1, 0.15) is 17.8 Å². The number of carbonyl (C=O) groups excluding carboxylic acids is 2. The van der Waals surface area contributed by atoms with Crippen molar-refractivity contribution in [2.24, 2.45) is 0 Å². The highest BCUT2D eigenvalue weighted by Gasteiger charge is 2.03. The van der Waals surface area contributed by atoms with Gasteiger partial charge in [-0.25, -0.2) is 0 Å². The van der Waals surface area contributed by atoms with E-state index in [1.165, 1.54) is 6.26 Å². The number of aldehydes is 1. The van der Waals surface area contributed by atoms with Crippen molar-refractivity contribution in [2.75, 3.05) is 0 Å². The quantitative estimate of drug-likeness (QED) is 0.477. The molecule has 0 aromatic carbocycles. The van der Waals surface area contributed by atoms with Crippen LogP contribution in [0.1, 0.15) is 12.2 Å². The summed E-state index contributed by atoms with van der Waals surface area (Å²) in [7, 11) is 0. The van der Waals surface area contributed by atoms with Crippen molar-refractivity contribution in [3.63, 3.8) is 0 Å². The molecule has 1 aromatic rings. The van der Waals surface area contributed by atoms with Gasteiger partial charge in [-0.05, 0) is 12.1 Å². The van der Waals surface area contributed by atoms with Crippen molar-refractivity contribution >= 4 is 12.1 Å². The van der Waals surface area contributed by atoms with E-state index in [2.05, 4.69) is 0 Å². The Morgan fingerprint density at radius 1 is 1.64 bits per heavy atom. The van der Waals surface area contributed by atoms with Gasteiger partial charge >= 0.3 is 0 Å². The Balaban J connectivity index is 2.43. The Morgan fingerprint density at radius 2 is 2.45 bits per heavy atom. The van der Waals surface area contributed by atoms with E-state index in [4.69, 9.17) is 4.42 Å². The van der Waals surface area contributed by atoms with Gasteiger partial charge in [-0.2, -0.15) is 0 Å². The highest BCUT2D eigenvalue weighted by molar-refractivity contribution is 5.90. The molecule has 58 valence electrons. The third kappa shape index (κ3) is 2.37. The summed E-state index contributed by atoms with van der Waals surface area (Å²) in [6.07, 6.45) is 2.29. The molecule has 3 heteroatoms. The Labute approximate surface area is 64.0 Å². The molecule has 0 aliphatic carbocycles. The summed E-state index contributed by atoms with van der Waals surface area (Å²) in [6.45, 7) is 0. The molecule has 0 atom stereocenters. The fraction of sp³-hybridized carbons (Fsp3) is 0.250. The fourth-order valence-electron chi connectivity index (χ4n) is 0.773. The van der Waals surface area contributed by atoms with Crippen molar-refractivity contribution in [1.82, 2.24) is 0 Å². The largest absolute Gasteiger partial charge is 0.469 e. The monoisotopic (exact) mass is 152 g/mol. The second-order valence-electron chi connectivity index (χ2n) is 2.17. The van der Waals surface area contributed by atoms with Gasteiger partial charge in [0, 0.05) is 0 Å². The van der Waals surface area contributed by atoms with E-state index >= 15 is 0 Å². The van der Waals surface area contributed by atoms with E-state index in [1.807, 2.05) is 0 Å². The molecule has 0 unspecified atom stereocenters. The van der Waals surface area contributed by atoms with Gasteiger partial charge in [-0.15, -0.1) is 0 Å². The molecule has 0 fully saturated rings. The van der Waals surface area contributed by atoms with Gasteiger partial charge in [0.05, 0.1) is 19.1 Å². The van der Waals surface area contributed by atoms with Gasteiger partial charge in [0.2, 0.25) is 0 Å². The van der Waals surface area contributed by atoms with Crippen LogP contribution in [0.4, 0.5) is 0 Å². The summed E-state index contributed by atoms with van der Waals surface area (Å²) in [5.41, 5.74) is 0. The number of hydrogen-bond acceptors (Lipinski definition) is 3. The van der Waals surface area contributed by atoms with Gasteiger partial charge in [0.15, 0.2) is 0 Å². The van der Waals surface area contributed by atoms with E-state index in [-0.39, 0.29) is 18.6 Å². The van der Waals surface area contributed by atoms with E-state index in [0.29, 0.717) is 12.0 Å². The van der Waals surface area contributed by atoms with Crippen LogP contribution in [0.25, 0.3) is 0 Å². The summed E-state index contributed by atoms with van der Waals surface area (Å²) in [4.78, 5) is 20.7. The van der Waals surface area contributed by atoms with Crippen LogP contribution in [0.2, 0.25) is 0 Å². The zero-order chi connectivity index (χ0) is 8.10. The molecule has 11 heavy (non-hydrogen) atoms. The average molecular weight is 152 g/mol. The SMILES string of the molecule is O=CCC(=O)Cc1ccco1. The molecule has 0 radical (unpaired) electrons. The highest BCUT2D eigenvalue weighted by atomic mass is 16.3. The van der Waals surface area contributed by atoms with Gasteiger partial charge in [0.25, 0.3) is 0 Å². The average Bonchev–Trinajstić information content (AvgIpc) is 2.40. The number of rotatable bonds is 4.